The molecule has 242 valence electrons. The molecule has 0 aliphatic heterocycles. The lowest BCUT2D eigenvalue weighted by Crippen LogP contribution is -2.10. The van der Waals surface area contributed by atoms with Gasteiger partial charge in [0, 0.05) is 0 Å². The highest BCUT2D eigenvalue weighted by molar-refractivity contribution is 7.87. The summed E-state index contributed by atoms with van der Waals surface area (Å²) in [6, 6.07) is 20.4. The first-order valence-electron chi connectivity index (χ1n) is 12.7. The molecule has 4 aromatic carbocycles. The van der Waals surface area contributed by atoms with E-state index in [4.69, 9.17) is 8.37 Å². The van der Waals surface area contributed by atoms with Crippen LogP contribution in [0.4, 0.5) is 0 Å². The van der Waals surface area contributed by atoms with Crippen LogP contribution in [0, 0.1) is 13.8 Å². The summed E-state index contributed by atoms with van der Waals surface area (Å²) >= 11 is 0. The Morgan fingerprint density at radius 1 is 0.413 bits per heavy atom. The minimum Gasteiger partial charge on any atom is -0.379 e. The Kier molecular flexibility index (Phi) is 10.1. The highest BCUT2D eigenvalue weighted by Crippen LogP contribution is 2.23. The Morgan fingerprint density at radius 3 is 0.978 bits per heavy atom. The molecule has 0 atom stereocenters. The molecule has 0 bridgehead atoms. The van der Waals surface area contributed by atoms with E-state index in [0.29, 0.717) is 12.4 Å². The van der Waals surface area contributed by atoms with Gasteiger partial charge in [-0.15, -0.1) is 0 Å². The van der Waals surface area contributed by atoms with E-state index in [0.717, 1.165) is 59.7 Å². The molecule has 0 saturated heterocycles. The third-order valence-corrected chi connectivity index (χ3v) is 10.5. The number of aryl methyl sites for hydroxylation is 2. The van der Waals surface area contributed by atoms with Gasteiger partial charge in [-0.25, -0.2) is 0 Å². The lowest BCUT2D eigenvalue weighted by molar-refractivity contribution is 0.337. The van der Waals surface area contributed by atoms with Crippen LogP contribution in [0.15, 0.2) is 127 Å². The summed E-state index contributed by atoms with van der Waals surface area (Å²) in [6.07, 6.45) is 1.37. The van der Waals surface area contributed by atoms with Crippen molar-refractivity contribution in [3.05, 3.63) is 108 Å². The topological polar surface area (TPSA) is 198 Å². The first-order chi connectivity index (χ1) is 21.6. The van der Waals surface area contributed by atoms with Gasteiger partial charge in [-0.3, -0.25) is 8.57 Å². The number of hydrogen-bond donors (Lipinski definition) is 0. The summed E-state index contributed by atoms with van der Waals surface area (Å²) in [6.45, 7) is 3.58. The van der Waals surface area contributed by atoms with Crippen molar-refractivity contribution >= 4 is 52.9 Å². The Morgan fingerprint density at radius 2 is 0.674 bits per heavy atom. The average Bonchev–Trinajstić information content (AvgIpc) is 2.99. The van der Waals surface area contributed by atoms with Crippen molar-refractivity contribution in [1.82, 2.24) is 0 Å². The molecule has 0 aliphatic rings. The molecule has 0 unspecified atom stereocenters. The van der Waals surface area contributed by atoms with Crippen molar-refractivity contribution in [3.8, 4) is 11.5 Å². The molecule has 0 heterocycles. The predicted octanol–water partition coefficient (Wildman–Crippen LogP) is 3.92. The molecule has 0 amide bonds. The van der Waals surface area contributed by atoms with Gasteiger partial charge in [-0.05, 0) is 86.6 Å². The van der Waals surface area contributed by atoms with E-state index >= 15 is 0 Å². The van der Waals surface area contributed by atoms with E-state index in [9.17, 15) is 33.7 Å². The quantitative estimate of drug-likeness (QED) is 0.110. The molecule has 0 N–H and O–H groups in total. The summed E-state index contributed by atoms with van der Waals surface area (Å²) in [7, 11) is -17.2. The van der Waals surface area contributed by atoms with Gasteiger partial charge >= 0.3 is 40.5 Å². The Labute approximate surface area is 266 Å². The second kappa shape index (κ2) is 13.7. The molecule has 0 radical (unpaired) electrons. The number of benzene rings is 4. The van der Waals surface area contributed by atoms with Gasteiger partial charge in [0.25, 0.3) is 0 Å². The summed E-state index contributed by atoms with van der Waals surface area (Å²) < 4.78 is 118. The molecule has 0 spiro atoms. The van der Waals surface area contributed by atoms with Gasteiger partial charge in [0.15, 0.2) is 0 Å². The van der Waals surface area contributed by atoms with E-state index in [1.807, 2.05) is 0 Å². The summed E-state index contributed by atoms with van der Waals surface area (Å²) in [4.78, 5) is -0.944. The zero-order chi connectivity index (χ0) is 33.6. The van der Waals surface area contributed by atoms with Crippen LogP contribution in [0.25, 0.3) is 0 Å². The van der Waals surface area contributed by atoms with Crippen LogP contribution in [0.2, 0.25) is 0 Å². The van der Waals surface area contributed by atoms with Gasteiger partial charge in [-0.1, -0.05) is 45.7 Å². The molecule has 0 fully saturated rings. The molecule has 0 aromatic heterocycles. The van der Waals surface area contributed by atoms with Gasteiger partial charge in [0.2, 0.25) is 0 Å². The molecule has 18 heteroatoms. The van der Waals surface area contributed by atoms with E-state index in [1.54, 1.807) is 38.1 Å². The molecule has 14 nitrogen and oxygen atoms in total. The highest BCUT2D eigenvalue weighted by atomic mass is 32.2. The van der Waals surface area contributed by atoms with Crippen LogP contribution in [-0.4, -0.2) is 46.1 Å². The number of nitrogens with zero attached hydrogens (tertiary/aromatic N) is 2. The number of oxime groups is 2. The van der Waals surface area contributed by atoms with Crippen LogP contribution in [0.3, 0.4) is 0 Å². The lowest BCUT2D eigenvalue weighted by atomic mass is 10.2. The molecular formula is C28H24N2O12S4. The van der Waals surface area contributed by atoms with E-state index in [2.05, 4.69) is 18.9 Å². The molecular weight excluding hydrogens is 685 g/mol. The van der Waals surface area contributed by atoms with Crippen LogP contribution < -0.4 is 8.37 Å². The van der Waals surface area contributed by atoms with Crippen molar-refractivity contribution in [2.75, 3.05) is 0 Å². The zero-order valence-corrected chi connectivity index (χ0v) is 27.1. The third-order valence-electron chi connectivity index (χ3n) is 5.73. The SMILES string of the molecule is Cc1ccc(S(=O)(=O)Oc2ccc(S(=O)(=O)ON=CC=NOS(=O)(=O)c3ccc(OS(=O)(=O)c4ccc(C)cc4)cc3)cc2)cc1. The predicted molar refractivity (Wildman–Crippen MR) is 164 cm³/mol. The van der Waals surface area contributed by atoms with Crippen LogP contribution in [0.5, 0.6) is 11.5 Å². The third kappa shape index (κ3) is 8.90. The number of hydrogen-bond acceptors (Lipinski definition) is 14. The van der Waals surface area contributed by atoms with E-state index in [1.165, 1.54) is 24.3 Å². The largest absolute Gasteiger partial charge is 0.379 e. The highest BCUT2D eigenvalue weighted by Gasteiger charge is 2.21. The fourth-order valence-corrected chi connectivity index (χ4v) is 6.68. The first-order valence-corrected chi connectivity index (χ1v) is 18.4. The maximum Gasteiger partial charge on any atom is 0.358 e. The Balaban J connectivity index is 1.30. The fraction of sp³-hybridized carbons (Fsp3) is 0.0714. The molecule has 0 aliphatic carbocycles. The maximum atomic E-state index is 12.4. The fourth-order valence-electron chi connectivity index (χ4n) is 3.39. The molecule has 0 saturated carbocycles. The van der Waals surface area contributed by atoms with Gasteiger partial charge in [0.1, 0.15) is 31.1 Å². The van der Waals surface area contributed by atoms with Crippen LogP contribution in [-0.2, 0) is 49.0 Å². The lowest BCUT2D eigenvalue weighted by Gasteiger charge is -2.08. The Bertz CT molecular complexity index is 2020. The minimum absolute atomic E-state index is 0.0828. The molecule has 46 heavy (non-hydrogen) atoms. The maximum absolute atomic E-state index is 12.4. The number of rotatable bonds is 13. The average molecular weight is 709 g/mol. The van der Waals surface area contributed by atoms with Gasteiger partial charge in [0.05, 0.1) is 12.4 Å². The van der Waals surface area contributed by atoms with Gasteiger partial charge < -0.3 is 8.37 Å². The minimum atomic E-state index is -4.45. The standard InChI is InChI=1S/C28H24N2O12S4/c1-21-3-11-25(12-4-21)43(31,32)39-23-7-15-27(16-8-23)45(35,36)41-29-19-20-30-42-46(37,38)28-17-9-24(10-18-28)40-44(33,34)26-13-5-22(2)6-14-26/h3-20H,1-2H3. The van der Waals surface area contributed by atoms with E-state index < -0.39 is 40.5 Å². The summed E-state index contributed by atoms with van der Waals surface area (Å²) in [5.41, 5.74) is 1.70. The molecule has 4 aromatic rings. The van der Waals surface area contributed by atoms with Crippen molar-refractivity contribution in [2.24, 2.45) is 10.3 Å². The zero-order valence-electron chi connectivity index (χ0n) is 23.8. The van der Waals surface area contributed by atoms with Gasteiger partial charge in [-0.2, -0.15) is 33.7 Å². The first kappa shape index (κ1) is 34.1. The van der Waals surface area contributed by atoms with Crippen LogP contribution in [0.1, 0.15) is 11.1 Å². The second-order valence-electron chi connectivity index (χ2n) is 9.21. The Hall–Kier alpha value is -4.78. The van der Waals surface area contributed by atoms with Crippen molar-refractivity contribution in [3.63, 3.8) is 0 Å². The van der Waals surface area contributed by atoms with Crippen molar-refractivity contribution < 1.29 is 50.6 Å². The van der Waals surface area contributed by atoms with Crippen molar-refractivity contribution in [2.45, 2.75) is 33.4 Å². The van der Waals surface area contributed by atoms with E-state index in [-0.39, 0.29) is 31.1 Å². The smallest absolute Gasteiger partial charge is 0.358 e. The monoisotopic (exact) mass is 708 g/mol. The second-order valence-corrected chi connectivity index (χ2v) is 15.4. The summed E-state index contributed by atoms with van der Waals surface area (Å²) in [5, 5.41) is 6.36. The molecule has 4 rings (SSSR count). The van der Waals surface area contributed by atoms with Crippen molar-refractivity contribution in [1.29, 1.82) is 0 Å². The normalized spacial score (nSPS) is 12.7. The summed E-state index contributed by atoms with van der Waals surface area (Å²) in [5.74, 6) is -0.300. The van der Waals surface area contributed by atoms with Crippen LogP contribution >= 0.6 is 0 Å².